The molecule has 2 rings (SSSR count). The zero-order chi connectivity index (χ0) is 14.5. The van der Waals surface area contributed by atoms with Crippen LogP contribution in [0.3, 0.4) is 0 Å². The normalized spacial score (nSPS) is 14.0. The summed E-state index contributed by atoms with van der Waals surface area (Å²) in [6.07, 6.45) is 3.74. The Morgan fingerprint density at radius 2 is 2.10 bits per heavy atom. The van der Waals surface area contributed by atoms with Crippen molar-refractivity contribution in [2.24, 2.45) is 0 Å². The summed E-state index contributed by atoms with van der Waals surface area (Å²) in [4.78, 5) is 4.37. The molecule has 0 aliphatic carbocycles. The van der Waals surface area contributed by atoms with E-state index in [4.69, 9.17) is 16.3 Å². The van der Waals surface area contributed by atoms with Gasteiger partial charge in [0, 0.05) is 24.5 Å². The number of anilines is 1. The van der Waals surface area contributed by atoms with E-state index in [0.717, 1.165) is 16.5 Å². The number of aromatic nitrogens is 2. The van der Waals surface area contributed by atoms with Crippen LogP contribution >= 0.6 is 11.6 Å². The van der Waals surface area contributed by atoms with Gasteiger partial charge in [-0.05, 0) is 25.5 Å². The Labute approximate surface area is 124 Å². The molecule has 1 aromatic carbocycles. The van der Waals surface area contributed by atoms with E-state index in [1.165, 1.54) is 0 Å². The summed E-state index contributed by atoms with van der Waals surface area (Å²) >= 11 is 6.22. The Morgan fingerprint density at radius 3 is 2.80 bits per heavy atom. The molecule has 1 N–H and O–H groups in total. The molecule has 5 heteroatoms. The van der Waals surface area contributed by atoms with Crippen molar-refractivity contribution in [3.05, 3.63) is 47.2 Å². The lowest BCUT2D eigenvalue weighted by atomic mass is 10.1. The van der Waals surface area contributed by atoms with Crippen LogP contribution in [0.2, 0.25) is 5.02 Å². The van der Waals surface area contributed by atoms with Gasteiger partial charge in [-0.3, -0.25) is 0 Å². The molecule has 0 aliphatic rings. The van der Waals surface area contributed by atoms with Crippen LogP contribution in [0, 0.1) is 0 Å². The maximum absolute atomic E-state index is 6.22. The Bertz CT molecular complexity index is 556. The number of benzene rings is 1. The highest BCUT2D eigenvalue weighted by molar-refractivity contribution is 6.31. The van der Waals surface area contributed by atoms with Gasteiger partial charge in [0.1, 0.15) is 0 Å². The third-order valence-corrected chi connectivity index (χ3v) is 3.61. The van der Waals surface area contributed by atoms with Gasteiger partial charge in [0.25, 0.3) is 0 Å². The van der Waals surface area contributed by atoms with Gasteiger partial charge in [-0.1, -0.05) is 29.8 Å². The van der Waals surface area contributed by atoms with Crippen molar-refractivity contribution in [3.63, 3.8) is 0 Å². The van der Waals surface area contributed by atoms with Gasteiger partial charge >= 0.3 is 0 Å². The minimum atomic E-state index is 0.0830. The number of halogens is 1. The standard InChI is InChI=1S/C15H20ClN3O/c1-11(10-20-3)19-9-8-17-15(19)18-12(2)13-6-4-5-7-14(13)16/h4-9,11-12H,10H2,1-3H3,(H,17,18). The summed E-state index contributed by atoms with van der Waals surface area (Å²) < 4.78 is 7.26. The van der Waals surface area contributed by atoms with Crippen molar-refractivity contribution in [1.82, 2.24) is 9.55 Å². The third-order valence-electron chi connectivity index (χ3n) is 3.27. The van der Waals surface area contributed by atoms with Crippen LogP contribution in [0.1, 0.15) is 31.5 Å². The van der Waals surface area contributed by atoms with Gasteiger partial charge in [-0.25, -0.2) is 4.98 Å². The molecule has 0 spiro atoms. The van der Waals surface area contributed by atoms with Gasteiger partial charge in [0.2, 0.25) is 5.95 Å². The Hall–Kier alpha value is -1.52. The molecule has 0 saturated carbocycles. The van der Waals surface area contributed by atoms with Crippen LogP contribution in [0.15, 0.2) is 36.7 Å². The predicted octanol–water partition coefficient (Wildman–Crippen LogP) is 3.92. The fraction of sp³-hybridized carbons (Fsp3) is 0.400. The number of nitrogens with one attached hydrogen (secondary N) is 1. The molecule has 0 saturated heterocycles. The lowest BCUT2D eigenvalue weighted by molar-refractivity contribution is 0.163. The molecule has 0 radical (unpaired) electrons. The molecule has 2 unspecified atom stereocenters. The van der Waals surface area contributed by atoms with E-state index in [0.29, 0.717) is 6.61 Å². The first-order valence-electron chi connectivity index (χ1n) is 6.66. The average molecular weight is 294 g/mol. The van der Waals surface area contributed by atoms with E-state index in [2.05, 4.69) is 28.7 Å². The number of methoxy groups -OCH3 is 1. The Morgan fingerprint density at radius 1 is 1.35 bits per heavy atom. The van der Waals surface area contributed by atoms with Crippen LogP contribution in [-0.4, -0.2) is 23.3 Å². The number of imidazole rings is 1. The van der Waals surface area contributed by atoms with Crippen molar-refractivity contribution < 1.29 is 4.74 Å². The Balaban J connectivity index is 2.15. The zero-order valence-corrected chi connectivity index (χ0v) is 12.8. The van der Waals surface area contributed by atoms with E-state index in [9.17, 15) is 0 Å². The second-order valence-corrected chi connectivity index (χ2v) is 5.26. The molecular weight excluding hydrogens is 274 g/mol. The molecular formula is C15H20ClN3O. The number of rotatable bonds is 6. The first-order valence-corrected chi connectivity index (χ1v) is 7.04. The largest absolute Gasteiger partial charge is 0.383 e. The fourth-order valence-electron chi connectivity index (χ4n) is 2.20. The summed E-state index contributed by atoms with van der Waals surface area (Å²) in [5.74, 6) is 0.821. The number of ether oxygens (including phenoxy) is 1. The molecule has 0 fully saturated rings. The molecule has 1 heterocycles. The molecule has 2 aromatic rings. The van der Waals surface area contributed by atoms with Crippen molar-refractivity contribution >= 4 is 17.5 Å². The van der Waals surface area contributed by atoms with E-state index in [1.54, 1.807) is 13.3 Å². The predicted molar refractivity (Wildman–Crippen MR) is 82.3 cm³/mol. The molecule has 4 nitrogen and oxygen atoms in total. The van der Waals surface area contributed by atoms with Gasteiger partial charge in [-0.15, -0.1) is 0 Å². The maximum atomic E-state index is 6.22. The first kappa shape index (κ1) is 14.9. The monoisotopic (exact) mass is 293 g/mol. The summed E-state index contributed by atoms with van der Waals surface area (Å²) in [5, 5.41) is 4.16. The number of hydrogen-bond donors (Lipinski definition) is 1. The van der Waals surface area contributed by atoms with Crippen molar-refractivity contribution in [2.75, 3.05) is 19.0 Å². The molecule has 0 bridgehead atoms. The molecule has 2 atom stereocenters. The summed E-state index contributed by atoms with van der Waals surface area (Å²) in [7, 11) is 1.70. The van der Waals surface area contributed by atoms with Gasteiger partial charge < -0.3 is 14.6 Å². The van der Waals surface area contributed by atoms with Crippen LogP contribution in [0.25, 0.3) is 0 Å². The Kier molecular flexibility index (Phi) is 5.04. The quantitative estimate of drug-likeness (QED) is 0.877. The second kappa shape index (κ2) is 6.77. The summed E-state index contributed by atoms with van der Waals surface area (Å²) in [5.41, 5.74) is 1.06. The zero-order valence-electron chi connectivity index (χ0n) is 12.0. The van der Waals surface area contributed by atoms with E-state index >= 15 is 0 Å². The molecule has 108 valence electrons. The van der Waals surface area contributed by atoms with Gasteiger partial charge in [0.05, 0.1) is 18.7 Å². The van der Waals surface area contributed by atoms with E-state index in [1.807, 2.05) is 30.5 Å². The van der Waals surface area contributed by atoms with Crippen LogP contribution in [0.5, 0.6) is 0 Å². The van der Waals surface area contributed by atoms with Crippen LogP contribution in [0.4, 0.5) is 5.95 Å². The average Bonchev–Trinajstić information content (AvgIpc) is 2.87. The summed E-state index contributed by atoms with van der Waals surface area (Å²) in [6, 6.07) is 8.14. The second-order valence-electron chi connectivity index (χ2n) is 4.85. The van der Waals surface area contributed by atoms with E-state index < -0.39 is 0 Å². The smallest absolute Gasteiger partial charge is 0.203 e. The minimum absolute atomic E-state index is 0.0830. The van der Waals surface area contributed by atoms with Crippen LogP contribution < -0.4 is 5.32 Å². The fourth-order valence-corrected chi connectivity index (χ4v) is 2.50. The van der Waals surface area contributed by atoms with Gasteiger partial charge in [0.15, 0.2) is 0 Å². The molecule has 20 heavy (non-hydrogen) atoms. The topological polar surface area (TPSA) is 39.1 Å². The number of hydrogen-bond acceptors (Lipinski definition) is 3. The van der Waals surface area contributed by atoms with Crippen molar-refractivity contribution in [2.45, 2.75) is 25.9 Å². The summed E-state index contributed by atoms with van der Waals surface area (Å²) in [6.45, 7) is 4.81. The number of nitrogens with zero attached hydrogens (tertiary/aromatic N) is 2. The third kappa shape index (κ3) is 3.32. The highest BCUT2D eigenvalue weighted by Crippen LogP contribution is 2.26. The van der Waals surface area contributed by atoms with Gasteiger partial charge in [-0.2, -0.15) is 0 Å². The minimum Gasteiger partial charge on any atom is -0.383 e. The first-order chi connectivity index (χ1) is 9.63. The van der Waals surface area contributed by atoms with Crippen molar-refractivity contribution in [3.8, 4) is 0 Å². The lowest BCUT2D eigenvalue weighted by Gasteiger charge is -2.20. The highest BCUT2D eigenvalue weighted by atomic mass is 35.5. The van der Waals surface area contributed by atoms with E-state index in [-0.39, 0.29) is 12.1 Å². The molecule has 0 aliphatic heterocycles. The SMILES string of the molecule is COCC(C)n1ccnc1NC(C)c1ccccc1Cl. The molecule has 1 aromatic heterocycles. The molecule has 0 amide bonds. The maximum Gasteiger partial charge on any atom is 0.203 e. The van der Waals surface area contributed by atoms with Crippen molar-refractivity contribution in [1.29, 1.82) is 0 Å². The lowest BCUT2D eigenvalue weighted by Crippen LogP contribution is -2.16. The van der Waals surface area contributed by atoms with Crippen LogP contribution in [-0.2, 0) is 4.74 Å². The highest BCUT2D eigenvalue weighted by Gasteiger charge is 2.14.